The van der Waals surface area contributed by atoms with Crippen molar-refractivity contribution in [2.24, 2.45) is 0 Å². The van der Waals surface area contributed by atoms with E-state index in [9.17, 15) is 9.59 Å². The summed E-state index contributed by atoms with van der Waals surface area (Å²) in [6.45, 7) is 3.35. The van der Waals surface area contributed by atoms with E-state index in [1.165, 1.54) is 18.7 Å². The minimum Gasteiger partial charge on any atom is -0.399 e. The van der Waals surface area contributed by atoms with Crippen molar-refractivity contribution in [1.82, 2.24) is 0 Å². The van der Waals surface area contributed by atoms with E-state index in [1.807, 2.05) is 31.2 Å². The molecule has 0 fully saturated rings. The van der Waals surface area contributed by atoms with Crippen LogP contribution in [0.25, 0.3) is 0 Å². The molecule has 0 aliphatic heterocycles. The molecule has 3 N–H and O–H groups in total. The molecule has 1 amide bonds. The zero-order chi connectivity index (χ0) is 16.1. The summed E-state index contributed by atoms with van der Waals surface area (Å²) < 4.78 is 0. The number of carbonyl (C=O) groups excluding carboxylic acids is 2. The molecular formula is C17H18N2O2S. The molecule has 4 nitrogen and oxygen atoms in total. The minimum atomic E-state index is -0.255. The highest BCUT2D eigenvalue weighted by molar-refractivity contribution is 8.00. The summed E-state index contributed by atoms with van der Waals surface area (Å²) >= 11 is 1.45. The number of hydrogen-bond donors (Lipinski definition) is 2. The summed E-state index contributed by atoms with van der Waals surface area (Å²) in [4.78, 5) is 24.4. The van der Waals surface area contributed by atoms with Gasteiger partial charge in [0.05, 0.1) is 5.25 Å². The summed E-state index contributed by atoms with van der Waals surface area (Å²) in [5.41, 5.74) is 7.71. The second kappa shape index (κ2) is 7.13. The van der Waals surface area contributed by atoms with Crippen molar-refractivity contribution in [3.8, 4) is 0 Å². The van der Waals surface area contributed by atoms with Crippen LogP contribution in [0.15, 0.2) is 53.4 Å². The van der Waals surface area contributed by atoms with Crippen LogP contribution in [0.5, 0.6) is 0 Å². The fraction of sp³-hybridized carbons (Fsp3) is 0.176. The number of amides is 1. The van der Waals surface area contributed by atoms with Crippen LogP contribution >= 0.6 is 11.8 Å². The van der Waals surface area contributed by atoms with Gasteiger partial charge in [-0.3, -0.25) is 9.59 Å². The number of nitrogen functional groups attached to an aromatic ring is 1. The van der Waals surface area contributed by atoms with Crippen molar-refractivity contribution in [2.45, 2.75) is 24.0 Å². The first-order valence-corrected chi connectivity index (χ1v) is 7.78. The molecule has 22 heavy (non-hydrogen) atoms. The average Bonchev–Trinajstić information content (AvgIpc) is 2.47. The van der Waals surface area contributed by atoms with Crippen LogP contribution in [0.2, 0.25) is 0 Å². The van der Waals surface area contributed by atoms with Gasteiger partial charge in [-0.25, -0.2) is 0 Å². The van der Waals surface area contributed by atoms with Gasteiger partial charge in [0, 0.05) is 21.8 Å². The third-order valence-electron chi connectivity index (χ3n) is 3.10. The molecule has 0 bridgehead atoms. The Morgan fingerprint density at radius 2 is 1.82 bits per heavy atom. The number of anilines is 2. The molecule has 0 saturated carbocycles. The Kier molecular flexibility index (Phi) is 5.22. The lowest BCUT2D eigenvalue weighted by molar-refractivity contribution is -0.115. The van der Waals surface area contributed by atoms with Gasteiger partial charge in [0.25, 0.3) is 0 Å². The predicted octanol–water partition coefficient (Wildman–Crippen LogP) is 3.59. The van der Waals surface area contributed by atoms with E-state index in [-0.39, 0.29) is 16.9 Å². The van der Waals surface area contributed by atoms with Crippen molar-refractivity contribution < 1.29 is 9.59 Å². The zero-order valence-corrected chi connectivity index (χ0v) is 13.3. The number of thioether (sulfide) groups is 1. The standard InChI is InChI=1S/C17H18N2O2S/c1-11(20)13-6-8-15(9-7-13)19-17(21)12(2)22-16-5-3-4-14(18)10-16/h3-10,12H,18H2,1-2H3,(H,19,21). The van der Waals surface area contributed by atoms with Crippen LogP contribution < -0.4 is 11.1 Å². The molecule has 0 aliphatic carbocycles. The number of benzene rings is 2. The fourth-order valence-electron chi connectivity index (χ4n) is 1.88. The Hall–Kier alpha value is -2.27. The van der Waals surface area contributed by atoms with Crippen LogP contribution in [0.1, 0.15) is 24.2 Å². The smallest absolute Gasteiger partial charge is 0.237 e. The monoisotopic (exact) mass is 314 g/mol. The zero-order valence-electron chi connectivity index (χ0n) is 12.5. The molecule has 0 aliphatic rings. The maximum Gasteiger partial charge on any atom is 0.237 e. The van der Waals surface area contributed by atoms with Crippen molar-refractivity contribution in [1.29, 1.82) is 0 Å². The number of hydrogen-bond acceptors (Lipinski definition) is 4. The van der Waals surface area contributed by atoms with Gasteiger partial charge in [-0.2, -0.15) is 0 Å². The van der Waals surface area contributed by atoms with E-state index in [2.05, 4.69) is 5.32 Å². The van der Waals surface area contributed by atoms with Crippen LogP contribution in [-0.2, 0) is 4.79 Å². The third-order valence-corrected chi connectivity index (χ3v) is 4.19. The topological polar surface area (TPSA) is 72.2 Å². The quantitative estimate of drug-likeness (QED) is 0.502. The molecule has 1 unspecified atom stereocenters. The Morgan fingerprint density at radius 1 is 1.14 bits per heavy atom. The highest BCUT2D eigenvalue weighted by atomic mass is 32.2. The minimum absolute atomic E-state index is 0.00321. The number of rotatable bonds is 5. The number of nitrogens with two attached hydrogens (primary N) is 1. The van der Waals surface area contributed by atoms with E-state index in [1.54, 1.807) is 24.3 Å². The summed E-state index contributed by atoms with van der Waals surface area (Å²) in [7, 11) is 0. The molecular weight excluding hydrogens is 296 g/mol. The SMILES string of the molecule is CC(=O)c1ccc(NC(=O)C(C)Sc2cccc(N)c2)cc1. The maximum atomic E-state index is 12.2. The molecule has 0 spiro atoms. The normalized spacial score (nSPS) is 11.7. The molecule has 2 aromatic rings. The van der Waals surface area contributed by atoms with Crippen LogP contribution in [0.3, 0.4) is 0 Å². The molecule has 0 heterocycles. The molecule has 5 heteroatoms. The summed E-state index contributed by atoms with van der Waals surface area (Å²) in [5, 5.41) is 2.59. The first kappa shape index (κ1) is 16.1. The van der Waals surface area contributed by atoms with Crippen molar-refractivity contribution in [2.75, 3.05) is 11.1 Å². The van der Waals surface area contributed by atoms with Crippen molar-refractivity contribution in [3.63, 3.8) is 0 Å². The Bertz CT molecular complexity index is 683. The first-order valence-electron chi connectivity index (χ1n) is 6.90. The summed E-state index contributed by atoms with van der Waals surface area (Å²) in [6.07, 6.45) is 0. The van der Waals surface area contributed by atoms with Crippen molar-refractivity contribution in [3.05, 3.63) is 54.1 Å². The Morgan fingerprint density at radius 3 is 2.41 bits per heavy atom. The van der Waals surface area contributed by atoms with Gasteiger partial charge in [0.2, 0.25) is 5.91 Å². The summed E-state index contributed by atoms with van der Waals surface area (Å²) in [6, 6.07) is 14.3. The third kappa shape index (κ3) is 4.36. The van der Waals surface area contributed by atoms with Crippen LogP contribution in [0, 0.1) is 0 Å². The summed E-state index contributed by atoms with van der Waals surface area (Å²) in [5.74, 6) is -0.0912. The van der Waals surface area contributed by atoms with Gasteiger partial charge in [0.1, 0.15) is 0 Å². The first-order chi connectivity index (χ1) is 10.5. The van der Waals surface area contributed by atoms with E-state index >= 15 is 0 Å². The lowest BCUT2D eigenvalue weighted by Crippen LogP contribution is -2.22. The highest BCUT2D eigenvalue weighted by Gasteiger charge is 2.14. The molecule has 0 saturated heterocycles. The van der Waals surface area contributed by atoms with E-state index in [4.69, 9.17) is 5.73 Å². The second-order valence-corrected chi connectivity index (χ2v) is 6.37. The molecule has 1 atom stereocenters. The lowest BCUT2D eigenvalue weighted by Gasteiger charge is -2.12. The van der Waals surface area contributed by atoms with Gasteiger partial charge in [-0.05, 0) is 56.3 Å². The van der Waals surface area contributed by atoms with Gasteiger partial charge in [0.15, 0.2) is 5.78 Å². The van der Waals surface area contributed by atoms with Gasteiger partial charge in [-0.15, -0.1) is 11.8 Å². The van der Waals surface area contributed by atoms with E-state index in [0.717, 1.165) is 4.90 Å². The number of nitrogens with one attached hydrogen (secondary N) is 1. The van der Waals surface area contributed by atoms with Crippen LogP contribution in [0.4, 0.5) is 11.4 Å². The largest absolute Gasteiger partial charge is 0.399 e. The Balaban J connectivity index is 1.97. The average molecular weight is 314 g/mol. The number of ketones is 1. The predicted molar refractivity (Wildman–Crippen MR) is 91.2 cm³/mol. The molecule has 2 aromatic carbocycles. The maximum absolute atomic E-state index is 12.2. The molecule has 2 rings (SSSR count). The van der Waals surface area contributed by atoms with E-state index in [0.29, 0.717) is 16.9 Å². The Labute approximate surface area is 134 Å². The van der Waals surface area contributed by atoms with Gasteiger partial charge in [-0.1, -0.05) is 6.07 Å². The number of carbonyl (C=O) groups is 2. The van der Waals surface area contributed by atoms with Crippen molar-refractivity contribution >= 4 is 34.8 Å². The molecule has 0 aromatic heterocycles. The highest BCUT2D eigenvalue weighted by Crippen LogP contribution is 2.25. The van der Waals surface area contributed by atoms with Gasteiger partial charge < -0.3 is 11.1 Å². The molecule has 114 valence electrons. The van der Waals surface area contributed by atoms with Gasteiger partial charge >= 0.3 is 0 Å². The number of Topliss-reactive ketones (excluding diaryl/α,β-unsaturated/α-hetero) is 1. The lowest BCUT2D eigenvalue weighted by atomic mass is 10.1. The fourth-order valence-corrected chi connectivity index (χ4v) is 2.81. The molecule has 0 radical (unpaired) electrons. The van der Waals surface area contributed by atoms with E-state index < -0.39 is 0 Å². The van der Waals surface area contributed by atoms with Crippen LogP contribution in [-0.4, -0.2) is 16.9 Å². The second-order valence-electron chi connectivity index (χ2n) is 4.96.